The molecule has 3 aromatic carbocycles. The maximum absolute atomic E-state index is 14.9. The van der Waals surface area contributed by atoms with Gasteiger partial charge in [0.1, 0.15) is 17.6 Å². The van der Waals surface area contributed by atoms with E-state index in [1.54, 1.807) is 11.2 Å². The van der Waals surface area contributed by atoms with Gasteiger partial charge in [0.15, 0.2) is 0 Å². The van der Waals surface area contributed by atoms with Gasteiger partial charge in [0.2, 0.25) is 5.91 Å². The van der Waals surface area contributed by atoms with Crippen LogP contribution >= 0.6 is 11.6 Å². The van der Waals surface area contributed by atoms with Crippen molar-refractivity contribution in [3.63, 3.8) is 0 Å². The Labute approximate surface area is 221 Å². The van der Waals surface area contributed by atoms with E-state index in [0.29, 0.717) is 28.4 Å². The van der Waals surface area contributed by atoms with Crippen LogP contribution in [-0.2, 0) is 4.79 Å². The molecule has 37 heavy (non-hydrogen) atoms. The molecule has 6 nitrogen and oxygen atoms in total. The third-order valence-electron chi connectivity index (χ3n) is 7.10. The first kappa shape index (κ1) is 25.2. The van der Waals surface area contributed by atoms with E-state index in [1.165, 1.54) is 18.2 Å². The molecule has 1 fully saturated rings. The summed E-state index contributed by atoms with van der Waals surface area (Å²) in [5, 5.41) is 14.1. The number of fused-ring (bicyclic) bond motifs is 1. The molecule has 0 aliphatic carbocycles. The second-order valence-electron chi connectivity index (χ2n) is 9.94. The number of phenols is 1. The van der Waals surface area contributed by atoms with Gasteiger partial charge >= 0.3 is 0 Å². The lowest BCUT2D eigenvalue weighted by molar-refractivity contribution is -0.131. The first-order valence-electron chi connectivity index (χ1n) is 12.4. The number of carbonyl (C=O) groups excluding carboxylic acids is 1. The lowest BCUT2D eigenvalue weighted by Crippen LogP contribution is -2.46. The van der Waals surface area contributed by atoms with Gasteiger partial charge in [0.25, 0.3) is 0 Å². The molecule has 192 valence electrons. The lowest BCUT2D eigenvalue weighted by Gasteiger charge is -2.36. The van der Waals surface area contributed by atoms with E-state index < -0.39 is 11.9 Å². The van der Waals surface area contributed by atoms with Crippen molar-refractivity contribution in [3.05, 3.63) is 76.1 Å². The monoisotopic (exact) mass is 520 g/mol. The summed E-state index contributed by atoms with van der Waals surface area (Å²) in [4.78, 5) is 22.4. The van der Waals surface area contributed by atoms with Crippen molar-refractivity contribution in [2.45, 2.75) is 38.8 Å². The fourth-order valence-electron chi connectivity index (χ4n) is 5.27. The van der Waals surface area contributed by atoms with Crippen molar-refractivity contribution in [1.82, 2.24) is 10.2 Å². The average molecular weight is 521 g/mol. The van der Waals surface area contributed by atoms with Crippen molar-refractivity contribution in [2.24, 2.45) is 4.99 Å². The lowest BCUT2D eigenvalue weighted by atomic mass is 9.91. The fraction of sp³-hybridized carbons (Fsp3) is 0.310. The molecule has 3 aromatic rings. The Balaban J connectivity index is 1.63. The van der Waals surface area contributed by atoms with Crippen LogP contribution < -0.4 is 10.2 Å². The first-order chi connectivity index (χ1) is 17.7. The third kappa shape index (κ3) is 5.06. The molecule has 0 spiro atoms. The van der Waals surface area contributed by atoms with Gasteiger partial charge in [0.05, 0.1) is 12.0 Å². The Morgan fingerprint density at radius 3 is 2.73 bits per heavy atom. The molecule has 0 bridgehead atoms. The molecule has 1 unspecified atom stereocenters. The zero-order valence-electron chi connectivity index (χ0n) is 21.1. The number of phenolic OH excluding ortho intramolecular Hbond substituents is 1. The standard InChI is InChI=1S/C29H30ClFN4O2/c1-17-9-19(30)12-21(10-17)35-16-33-27-11-18(2)23(24-13-22(36)6-7-26(24)31)14-25(27)28(35)29(37)34(3)15-20-5-4-8-32-20/h6-7,9-14,16,20,28,32,36H,4-5,8,15H2,1-3H3/t20-,28?/m0/s1. The highest BCUT2D eigenvalue weighted by atomic mass is 35.5. The van der Waals surface area contributed by atoms with Gasteiger partial charge in [-0.05, 0) is 98.5 Å². The van der Waals surface area contributed by atoms with Crippen LogP contribution in [0.3, 0.4) is 0 Å². The molecule has 2 aliphatic rings. The number of hydrogen-bond donors (Lipinski definition) is 2. The third-order valence-corrected chi connectivity index (χ3v) is 7.32. The summed E-state index contributed by atoms with van der Waals surface area (Å²) in [5.41, 5.74) is 4.70. The van der Waals surface area contributed by atoms with Crippen LogP contribution in [0.2, 0.25) is 5.02 Å². The summed E-state index contributed by atoms with van der Waals surface area (Å²) in [5.74, 6) is -0.571. The minimum Gasteiger partial charge on any atom is -0.508 e. The number of aryl methyl sites for hydroxylation is 2. The highest BCUT2D eigenvalue weighted by Gasteiger charge is 2.36. The van der Waals surface area contributed by atoms with Gasteiger partial charge in [-0.1, -0.05) is 11.6 Å². The Morgan fingerprint density at radius 1 is 1.19 bits per heavy atom. The second kappa shape index (κ2) is 10.1. The summed E-state index contributed by atoms with van der Waals surface area (Å²) in [6.45, 7) is 5.36. The van der Waals surface area contributed by atoms with Gasteiger partial charge in [-0.2, -0.15) is 0 Å². The summed E-state index contributed by atoms with van der Waals surface area (Å²) < 4.78 is 14.9. The summed E-state index contributed by atoms with van der Waals surface area (Å²) >= 11 is 6.39. The van der Waals surface area contributed by atoms with Crippen LogP contribution in [0.15, 0.2) is 53.5 Å². The first-order valence-corrected chi connectivity index (χ1v) is 12.8. The molecule has 8 heteroatoms. The number of benzene rings is 3. The van der Waals surface area contributed by atoms with Gasteiger partial charge in [-0.25, -0.2) is 9.38 Å². The number of aliphatic imine (C=N–C) groups is 1. The van der Waals surface area contributed by atoms with E-state index in [1.807, 2.05) is 56.1 Å². The zero-order valence-corrected chi connectivity index (χ0v) is 21.9. The molecule has 0 saturated carbocycles. The molecule has 1 amide bonds. The quantitative estimate of drug-likeness (QED) is 0.439. The molecular formula is C29H30ClFN4O2. The minimum atomic E-state index is -0.725. The Bertz CT molecular complexity index is 1370. The number of anilines is 1. The van der Waals surface area contributed by atoms with Crippen molar-refractivity contribution in [1.29, 1.82) is 0 Å². The molecule has 2 N–H and O–H groups in total. The number of hydrogen-bond acceptors (Lipinski definition) is 5. The highest BCUT2D eigenvalue weighted by Crippen LogP contribution is 2.42. The normalized spacial score (nSPS) is 18.7. The van der Waals surface area contributed by atoms with Crippen LogP contribution in [0.4, 0.5) is 15.8 Å². The molecule has 2 aliphatic heterocycles. The Hall–Kier alpha value is -3.42. The number of rotatable bonds is 5. The molecule has 0 aromatic heterocycles. The van der Waals surface area contributed by atoms with Crippen molar-refractivity contribution < 1.29 is 14.3 Å². The number of nitrogens with one attached hydrogen (secondary N) is 1. The summed E-state index contributed by atoms with van der Waals surface area (Å²) in [6.07, 6.45) is 3.79. The van der Waals surface area contributed by atoms with E-state index in [4.69, 9.17) is 11.6 Å². The predicted molar refractivity (Wildman–Crippen MR) is 146 cm³/mol. The van der Waals surface area contributed by atoms with Gasteiger partial charge < -0.3 is 20.2 Å². The SMILES string of the molecule is Cc1cc(Cl)cc(N2C=Nc3cc(C)c(-c4cc(O)ccc4F)cc3C2C(=O)N(C)C[C@@H]2CCCN2)c1. The smallest absolute Gasteiger partial charge is 0.250 e. The second-order valence-corrected chi connectivity index (χ2v) is 10.4. The van der Waals surface area contributed by atoms with Crippen LogP contribution in [0, 0.1) is 19.7 Å². The van der Waals surface area contributed by atoms with E-state index in [9.17, 15) is 14.3 Å². The number of likely N-dealkylation sites (N-methyl/N-ethyl adjacent to an activating group) is 1. The minimum absolute atomic E-state index is 0.0287. The zero-order chi connectivity index (χ0) is 26.3. The molecule has 1 saturated heterocycles. The average Bonchev–Trinajstić information content (AvgIpc) is 3.36. The molecule has 5 rings (SSSR count). The predicted octanol–water partition coefficient (Wildman–Crippen LogP) is 5.90. The van der Waals surface area contributed by atoms with E-state index in [0.717, 1.165) is 36.2 Å². The maximum atomic E-state index is 14.9. The summed E-state index contributed by atoms with van der Waals surface area (Å²) in [7, 11) is 1.82. The van der Waals surface area contributed by atoms with Crippen molar-refractivity contribution >= 4 is 35.2 Å². The molecule has 2 atom stereocenters. The van der Waals surface area contributed by atoms with E-state index in [-0.39, 0.29) is 23.3 Å². The number of nitrogens with zero attached hydrogens (tertiary/aromatic N) is 3. The topological polar surface area (TPSA) is 68.2 Å². The Morgan fingerprint density at radius 2 is 2.00 bits per heavy atom. The number of carbonyl (C=O) groups is 1. The Kier molecular flexibility index (Phi) is 6.92. The van der Waals surface area contributed by atoms with Crippen LogP contribution in [-0.4, -0.2) is 48.4 Å². The maximum Gasteiger partial charge on any atom is 0.250 e. The van der Waals surface area contributed by atoms with Crippen molar-refractivity contribution in [3.8, 4) is 16.9 Å². The van der Waals surface area contributed by atoms with E-state index in [2.05, 4.69) is 10.3 Å². The molecule has 0 radical (unpaired) electrons. The van der Waals surface area contributed by atoms with Crippen LogP contribution in [0.25, 0.3) is 11.1 Å². The van der Waals surface area contributed by atoms with Crippen LogP contribution in [0.1, 0.15) is 35.6 Å². The number of halogens is 2. The highest BCUT2D eigenvalue weighted by molar-refractivity contribution is 6.31. The van der Waals surface area contributed by atoms with Gasteiger partial charge in [0, 0.05) is 41.5 Å². The summed E-state index contributed by atoms with van der Waals surface area (Å²) in [6, 6.07) is 12.8. The van der Waals surface area contributed by atoms with E-state index >= 15 is 0 Å². The van der Waals surface area contributed by atoms with Gasteiger partial charge in [-0.15, -0.1) is 0 Å². The molecule has 2 heterocycles. The number of aromatic hydroxyl groups is 1. The van der Waals surface area contributed by atoms with Crippen LogP contribution in [0.5, 0.6) is 5.75 Å². The largest absolute Gasteiger partial charge is 0.508 e. The fourth-order valence-corrected chi connectivity index (χ4v) is 5.55. The number of amides is 1. The molecular weight excluding hydrogens is 491 g/mol. The van der Waals surface area contributed by atoms with Crippen molar-refractivity contribution in [2.75, 3.05) is 25.0 Å². The van der Waals surface area contributed by atoms with Gasteiger partial charge in [-0.3, -0.25) is 4.79 Å².